The molecule has 1 amide bonds. The van der Waals surface area contributed by atoms with Crippen molar-refractivity contribution in [2.75, 3.05) is 82.8 Å². The standard InChI is InChI=1S/C32H43N7O4/c1-31-20-33-29-26(13-25(34-35-29)24-5-3-4-6-27(24)40)39(31)12-9-37(21-31)19-28(41)38-10-7-36(8-11-38)18-22-14-32(15-22)16-23(17-32)30(42)43-2/h3-6,13,22-23,40H,7-12,14-21H2,1-2H3,(H,33,35)/t22-,23-,31-,32?/m1/s1. The number of piperazine rings is 2. The van der Waals surface area contributed by atoms with Gasteiger partial charge < -0.3 is 25.0 Å². The number of ether oxygens (including phenoxy) is 1. The van der Waals surface area contributed by atoms with Gasteiger partial charge in [0, 0.05) is 64.5 Å². The highest BCUT2D eigenvalue weighted by Crippen LogP contribution is 2.61. The Bertz CT molecular complexity index is 1380. The number of phenols is 1. The van der Waals surface area contributed by atoms with Gasteiger partial charge in [0.2, 0.25) is 5.91 Å². The van der Waals surface area contributed by atoms with Crippen molar-refractivity contribution in [3.05, 3.63) is 30.3 Å². The van der Waals surface area contributed by atoms with E-state index in [0.717, 1.165) is 83.2 Å². The molecule has 0 bridgehead atoms. The minimum Gasteiger partial charge on any atom is -0.507 e. The zero-order chi connectivity index (χ0) is 29.8. The Labute approximate surface area is 253 Å². The van der Waals surface area contributed by atoms with Gasteiger partial charge in [-0.1, -0.05) is 12.1 Å². The van der Waals surface area contributed by atoms with Crippen LogP contribution in [0.15, 0.2) is 30.3 Å². The Morgan fingerprint density at radius 1 is 1.02 bits per heavy atom. The second-order valence-electron chi connectivity index (χ2n) is 13.8. The number of hydrogen-bond donors (Lipinski definition) is 2. The lowest BCUT2D eigenvalue weighted by Crippen LogP contribution is -2.66. The molecule has 4 heterocycles. The van der Waals surface area contributed by atoms with Crippen LogP contribution >= 0.6 is 0 Å². The number of rotatable bonds is 6. The van der Waals surface area contributed by atoms with E-state index in [0.29, 0.717) is 29.1 Å². The molecule has 5 aliphatic rings. The zero-order valence-corrected chi connectivity index (χ0v) is 25.3. The number of benzene rings is 1. The van der Waals surface area contributed by atoms with Crippen LogP contribution in [-0.2, 0) is 14.3 Å². The summed E-state index contributed by atoms with van der Waals surface area (Å²) in [5.41, 5.74) is 2.51. The highest BCUT2D eigenvalue weighted by Gasteiger charge is 2.55. The average molecular weight is 590 g/mol. The van der Waals surface area contributed by atoms with Gasteiger partial charge in [-0.2, -0.15) is 0 Å². The molecule has 0 radical (unpaired) electrons. The summed E-state index contributed by atoms with van der Waals surface area (Å²) in [4.78, 5) is 34.3. The molecule has 2 aliphatic carbocycles. The summed E-state index contributed by atoms with van der Waals surface area (Å²) in [5.74, 6) is 1.96. The molecule has 2 saturated heterocycles. The molecule has 1 spiro atoms. The van der Waals surface area contributed by atoms with Gasteiger partial charge >= 0.3 is 5.97 Å². The van der Waals surface area contributed by atoms with Gasteiger partial charge in [0.05, 0.1) is 36.5 Å². The fourth-order valence-electron chi connectivity index (χ4n) is 8.45. The molecule has 11 heteroatoms. The van der Waals surface area contributed by atoms with E-state index in [9.17, 15) is 14.7 Å². The predicted molar refractivity (Wildman–Crippen MR) is 163 cm³/mol. The largest absolute Gasteiger partial charge is 0.507 e. The number of anilines is 2. The zero-order valence-electron chi connectivity index (χ0n) is 25.3. The average Bonchev–Trinajstić information content (AvgIpc) is 2.97. The Balaban J connectivity index is 0.891. The summed E-state index contributed by atoms with van der Waals surface area (Å²) >= 11 is 0. The Hall–Kier alpha value is -3.44. The van der Waals surface area contributed by atoms with Gasteiger partial charge in [-0.05, 0) is 62.1 Å². The van der Waals surface area contributed by atoms with E-state index in [2.05, 4.69) is 37.1 Å². The third-order valence-corrected chi connectivity index (χ3v) is 10.7. The maximum absolute atomic E-state index is 13.4. The summed E-state index contributed by atoms with van der Waals surface area (Å²) in [5, 5.41) is 22.6. The first-order valence-electron chi connectivity index (χ1n) is 15.7. The molecule has 3 aliphatic heterocycles. The highest BCUT2D eigenvalue weighted by molar-refractivity contribution is 5.79. The number of amides is 1. The Morgan fingerprint density at radius 2 is 1.77 bits per heavy atom. The number of nitrogens with zero attached hydrogens (tertiary/aromatic N) is 6. The van der Waals surface area contributed by atoms with Crippen LogP contribution in [-0.4, -0.2) is 120 Å². The number of phenolic OH excluding ortho intramolecular Hbond substituents is 1. The number of carbonyl (C=O) groups is 2. The third-order valence-electron chi connectivity index (χ3n) is 10.7. The summed E-state index contributed by atoms with van der Waals surface area (Å²) in [6.45, 7) is 10.3. The molecule has 4 fully saturated rings. The second kappa shape index (κ2) is 10.9. The van der Waals surface area contributed by atoms with Crippen LogP contribution in [0.2, 0.25) is 0 Å². The minimum absolute atomic E-state index is 0.0410. The number of aromatic hydroxyl groups is 1. The molecule has 2 aromatic rings. The van der Waals surface area contributed by atoms with Crippen LogP contribution in [0.4, 0.5) is 11.5 Å². The number of esters is 1. The van der Waals surface area contributed by atoms with Crippen molar-refractivity contribution in [2.45, 2.75) is 38.1 Å². The van der Waals surface area contributed by atoms with Crippen LogP contribution < -0.4 is 10.2 Å². The maximum Gasteiger partial charge on any atom is 0.308 e. The van der Waals surface area contributed by atoms with Crippen molar-refractivity contribution in [3.8, 4) is 17.0 Å². The summed E-state index contributed by atoms with van der Waals surface area (Å²) < 4.78 is 4.91. The fraction of sp³-hybridized carbons (Fsp3) is 0.625. The molecule has 2 saturated carbocycles. The van der Waals surface area contributed by atoms with E-state index in [-0.39, 0.29) is 29.1 Å². The molecule has 2 N–H and O–H groups in total. The lowest BCUT2D eigenvalue weighted by molar-refractivity contribution is -0.162. The van der Waals surface area contributed by atoms with Gasteiger partial charge in [-0.15, -0.1) is 10.2 Å². The first-order valence-corrected chi connectivity index (χ1v) is 15.7. The van der Waals surface area contributed by atoms with Crippen LogP contribution in [0.5, 0.6) is 5.75 Å². The lowest BCUT2D eigenvalue weighted by atomic mass is 9.48. The molecule has 43 heavy (non-hydrogen) atoms. The lowest BCUT2D eigenvalue weighted by Gasteiger charge is -2.58. The van der Waals surface area contributed by atoms with Crippen molar-refractivity contribution in [3.63, 3.8) is 0 Å². The quantitative estimate of drug-likeness (QED) is 0.487. The van der Waals surface area contributed by atoms with Crippen LogP contribution in [0.25, 0.3) is 11.3 Å². The maximum atomic E-state index is 13.4. The molecule has 0 unspecified atom stereocenters. The number of nitrogens with one attached hydrogen (secondary N) is 1. The van der Waals surface area contributed by atoms with Crippen molar-refractivity contribution >= 4 is 23.4 Å². The van der Waals surface area contributed by atoms with Gasteiger partial charge in [-0.3, -0.25) is 19.4 Å². The monoisotopic (exact) mass is 589 g/mol. The topological polar surface area (TPSA) is 114 Å². The van der Waals surface area contributed by atoms with Crippen LogP contribution in [0.1, 0.15) is 32.6 Å². The van der Waals surface area contributed by atoms with E-state index in [1.807, 2.05) is 23.1 Å². The van der Waals surface area contributed by atoms with Gasteiger partial charge in [0.25, 0.3) is 0 Å². The molecular weight excluding hydrogens is 546 g/mol. The second-order valence-corrected chi connectivity index (χ2v) is 13.8. The number of hydrogen-bond acceptors (Lipinski definition) is 10. The summed E-state index contributed by atoms with van der Waals surface area (Å²) in [6, 6.07) is 9.21. The summed E-state index contributed by atoms with van der Waals surface area (Å²) in [6.07, 6.45) is 4.46. The third kappa shape index (κ3) is 5.31. The van der Waals surface area contributed by atoms with Gasteiger partial charge in [0.1, 0.15) is 5.75 Å². The molecular formula is C32H43N7O4. The predicted octanol–water partition coefficient (Wildman–Crippen LogP) is 2.28. The highest BCUT2D eigenvalue weighted by atomic mass is 16.5. The molecule has 1 aromatic heterocycles. The van der Waals surface area contributed by atoms with E-state index in [4.69, 9.17) is 4.74 Å². The fourth-order valence-corrected chi connectivity index (χ4v) is 8.45. The molecule has 11 nitrogen and oxygen atoms in total. The SMILES string of the molecule is COC(=O)[C@H]1CC2(C[C@H](CN3CCN(C(=O)CN4CCN5c6cc(-c7ccccc7O)nnc6NC[C@]5(C)C4)CC3)C2)C1. The van der Waals surface area contributed by atoms with Crippen molar-refractivity contribution in [1.29, 1.82) is 0 Å². The number of carbonyl (C=O) groups excluding carboxylic acids is 2. The van der Waals surface area contributed by atoms with Crippen molar-refractivity contribution in [1.82, 2.24) is 24.9 Å². The number of fused-ring (bicyclic) bond motifs is 3. The van der Waals surface area contributed by atoms with Crippen molar-refractivity contribution < 1.29 is 19.4 Å². The molecule has 1 aromatic carbocycles. The molecule has 7 rings (SSSR count). The minimum atomic E-state index is -0.194. The van der Waals surface area contributed by atoms with Gasteiger partial charge in [-0.25, -0.2) is 0 Å². The molecule has 230 valence electrons. The van der Waals surface area contributed by atoms with Crippen LogP contribution in [0, 0.1) is 17.3 Å². The number of para-hydroxylation sites is 1. The summed E-state index contributed by atoms with van der Waals surface area (Å²) in [7, 11) is 1.49. The normalized spacial score (nSPS) is 30.5. The smallest absolute Gasteiger partial charge is 0.308 e. The number of aromatic nitrogens is 2. The van der Waals surface area contributed by atoms with Crippen LogP contribution in [0.3, 0.4) is 0 Å². The van der Waals surface area contributed by atoms with E-state index in [1.165, 1.54) is 20.0 Å². The first-order chi connectivity index (χ1) is 20.7. The van der Waals surface area contributed by atoms with E-state index in [1.54, 1.807) is 12.1 Å². The van der Waals surface area contributed by atoms with E-state index < -0.39 is 0 Å². The number of methoxy groups -OCH3 is 1. The first kappa shape index (κ1) is 28.3. The van der Waals surface area contributed by atoms with Crippen molar-refractivity contribution in [2.24, 2.45) is 17.3 Å². The molecule has 1 atom stereocenters. The van der Waals surface area contributed by atoms with E-state index >= 15 is 0 Å². The Kier molecular flexibility index (Phi) is 7.20. The Morgan fingerprint density at radius 3 is 2.51 bits per heavy atom. The van der Waals surface area contributed by atoms with Gasteiger partial charge in [0.15, 0.2) is 5.82 Å².